The Morgan fingerprint density at radius 3 is 0.600 bits per heavy atom. The maximum absolute atomic E-state index is 8.88. The largest absolute Gasteiger partial charge is 0.466 e. The summed E-state index contributed by atoms with van der Waals surface area (Å²) in [4.78, 5) is 43.1. The first kappa shape index (κ1) is 29.5. The van der Waals surface area contributed by atoms with E-state index in [1.54, 1.807) is 0 Å². The molecule has 0 heterocycles. The van der Waals surface area contributed by atoms with Crippen LogP contribution in [-0.2, 0) is 9.13 Å². The monoisotopic (exact) mass is 272 g/mol. The van der Waals surface area contributed by atoms with Crippen molar-refractivity contribution in [1.82, 2.24) is 0 Å². The fourth-order valence-corrected chi connectivity index (χ4v) is 0. The van der Waals surface area contributed by atoms with Crippen LogP contribution < -0.4 is 0 Å². The average Bonchev–Trinajstić information content (AvgIpc) is 1.88. The highest BCUT2D eigenvalue weighted by atomic mass is 31.2. The summed E-state index contributed by atoms with van der Waals surface area (Å²) in [7, 11) is -9.28. The zero-order valence-corrected chi connectivity index (χ0v) is 10.2. The lowest BCUT2D eigenvalue weighted by Gasteiger charge is -1.82. The summed E-state index contributed by atoms with van der Waals surface area (Å²) in [5.74, 6) is 0. The van der Waals surface area contributed by atoms with E-state index >= 15 is 0 Å². The summed E-state index contributed by atoms with van der Waals surface area (Å²) < 4.78 is 17.8. The topological polar surface area (TPSA) is 156 Å². The van der Waals surface area contributed by atoms with Gasteiger partial charge in [0.2, 0.25) is 0 Å². The summed E-state index contributed by atoms with van der Waals surface area (Å²) in [5.41, 5.74) is 0. The number of rotatable bonds is 0. The maximum atomic E-state index is 8.88. The Balaban J connectivity index is -0.0000000318. The van der Waals surface area contributed by atoms with E-state index in [-0.39, 0.29) is 7.43 Å². The van der Waals surface area contributed by atoms with Crippen molar-refractivity contribution in [1.29, 1.82) is 0 Å². The molecule has 0 rings (SSSR count). The normalized spacial score (nSPS) is 8.67. The van der Waals surface area contributed by atoms with Crippen molar-refractivity contribution < 1.29 is 38.5 Å². The Kier molecular flexibility index (Phi) is 32.7. The highest BCUT2D eigenvalue weighted by Gasteiger charge is 2.00. The molecule has 8 nitrogen and oxygen atoms in total. The van der Waals surface area contributed by atoms with Crippen LogP contribution >= 0.6 is 15.6 Å². The summed E-state index contributed by atoms with van der Waals surface area (Å²) in [6.45, 7) is 8.00. The molecule has 10 heteroatoms. The minimum atomic E-state index is -4.64. The molecule has 0 aliphatic heterocycles. The molecular formula is C5H22O8P2. The average molecular weight is 272 g/mol. The first-order chi connectivity index (χ1) is 6.00. The maximum Gasteiger partial charge on any atom is 0.466 e. The molecule has 0 aliphatic carbocycles. The first-order valence-corrected chi connectivity index (χ1v) is 6.70. The van der Waals surface area contributed by atoms with Crippen molar-refractivity contribution in [3.63, 3.8) is 0 Å². The minimum Gasteiger partial charge on any atom is -0.303 e. The molecule has 0 atom stereocenters. The van der Waals surface area contributed by atoms with Gasteiger partial charge in [-0.25, -0.2) is 9.13 Å². The van der Waals surface area contributed by atoms with E-state index in [0.29, 0.717) is 0 Å². The van der Waals surface area contributed by atoms with Gasteiger partial charge < -0.3 is 29.4 Å². The molecule has 0 aromatic carbocycles. The van der Waals surface area contributed by atoms with Crippen LogP contribution in [0.2, 0.25) is 0 Å². The third-order valence-electron chi connectivity index (χ3n) is 0. The Hall–Kier alpha value is 0.220. The number of hydrogen-bond donors (Lipinski definition) is 6. The van der Waals surface area contributed by atoms with Gasteiger partial charge in [0, 0.05) is 0 Å². The minimum absolute atomic E-state index is 0. The van der Waals surface area contributed by atoms with Crippen molar-refractivity contribution >= 4 is 15.6 Å². The summed E-state index contributed by atoms with van der Waals surface area (Å²) in [6, 6.07) is 0. The quantitative estimate of drug-likeness (QED) is 0.354. The van der Waals surface area contributed by atoms with E-state index in [1.807, 2.05) is 27.7 Å². The van der Waals surface area contributed by atoms with Crippen LogP contribution in [0.4, 0.5) is 0 Å². The molecule has 0 amide bonds. The van der Waals surface area contributed by atoms with Crippen molar-refractivity contribution in [3.8, 4) is 0 Å². The van der Waals surface area contributed by atoms with Gasteiger partial charge >= 0.3 is 15.6 Å². The first-order valence-electron chi connectivity index (χ1n) is 3.57. The standard InChI is InChI=1S/2C2H6.CH4.2H3O4P/c2*1-2;;2*1-5(2,3)4/h2*1-2H3;1H4;2*(H3,1,2,3,4). The summed E-state index contributed by atoms with van der Waals surface area (Å²) in [6.07, 6.45) is 0. The highest BCUT2D eigenvalue weighted by Crippen LogP contribution is 2.26. The molecule has 0 fully saturated rings. The second kappa shape index (κ2) is 16.6. The Labute approximate surface area is 90.1 Å². The molecule has 6 N–H and O–H groups in total. The van der Waals surface area contributed by atoms with Crippen molar-refractivity contribution in [2.45, 2.75) is 35.1 Å². The van der Waals surface area contributed by atoms with Gasteiger partial charge in [0.25, 0.3) is 0 Å². The lowest BCUT2D eigenvalue weighted by atomic mass is 11.0. The molecule has 0 saturated carbocycles. The van der Waals surface area contributed by atoms with Gasteiger partial charge in [-0.05, 0) is 0 Å². The van der Waals surface area contributed by atoms with Gasteiger partial charge in [0.05, 0.1) is 0 Å². The lowest BCUT2D eigenvalue weighted by molar-refractivity contribution is 0.272. The molecule has 0 aromatic rings. The zero-order valence-electron chi connectivity index (χ0n) is 8.39. The van der Waals surface area contributed by atoms with E-state index in [1.165, 1.54) is 0 Å². The molecule has 0 unspecified atom stereocenters. The van der Waals surface area contributed by atoms with Gasteiger partial charge in [-0.1, -0.05) is 35.1 Å². The number of hydrogen-bond acceptors (Lipinski definition) is 2. The molecule has 15 heavy (non-hydrogen) atoms. The smallest absolute Gasteiger partial charge is 0.303 e. The molecule has 0 bridgehead atoms. The van der Waals surface area contributed by atoms with Crippen LogP contribution in [-0.4, -0.2) is 29.4 Å². The molecule has 0 aromatic heterocycles. The van der Waals surface area contributed by atoms with Crippen molar-refractivity contribution in [2.75, 3.05) is 0 Å². The zero-order chi connectivity index (χ0) is 13.0. The van der Waals surface area contributed by atoms with E-state index in [2.05, 4.69) is 0 Å². The van der Waals surface area contributed by atoms with Crippen LogP contribution in [0.25, 0.3) is 0 Å². The Bertz CT molecular complexity index is 133. The Morgan fingerprint density at radius 2 is 0.600 bits per heavy atom. The van der Waals surface area contributed by atoms with E-state index < -0.39 is 15.6 Å². The Morgan fingerprint density at radius 1 is 0.600 bits per heavy atom. The van der Waals surface area contributed by atoms with Gasteiger partial charge in [-0.15, -0.1) is 0 Å². The van der Waals surface area contributed by atoms with E-state index in [4.69, 9.17) is 38.5 Å². The van der Waals surface area contributed by atoms with Crippen LogP contribution in [0, 0.1) is 0 Å². The van der Waals surface area contributed by atoms with Crippen LogP contribution in [0.1, 0.15) is 35.1 Å². The van der Waals surface area contributed by atoms with Crippen molar-refractivity contribution in [2.24, 2.45) is 0 Å². The van der Waals surface area contributed by atoms with Gasteiger partial charge in [-0.2, -0.15) is 0 Å². The fraction of sp³-hybridized carbons (Fsp3) is 1.00. The lowest BCUT2D eigenvalue weighted by Crippen LogP contribution is -1.66. The number of phosphoric acid groups is 2. The second-order valence-corrected chi connectivity index (χ2v) is 3.08. The third kappa shape index (κ3) is 43900. The predicted octanol–water partition coefficient (Wildman–Crippen LogP) is 0.831. The molecule has 0 spiro atoms. The molecule has 0 saturated heterocycles. The summed E-state index contributed by atoms with van der Waals surface area (Å²) in [5, 5.41) is 0. The fourth-order valence-electron chi connectivity index (χ4n) is 0. The molecular weight excluding hydrogens is 250 g/mol. The second-order valence-electron chi connectivity index (χ2n) is 1.03. The van der Waals surface area contributed by atoms with Crippen molar-refractivity contribution in [3.05, 3.63) is 0 Å². The molecule has 100 valence electrons. The molecule has 0 radical (unpaired) electrons. The third-order valence-corrected chi connectivity index (χ3v) is 0. The van der Waals surface area contributed by atoms with Gasteiger partial charge in [-0.3, -0.25) is 0 Å². The van der Waals surface area contributed by atoms with Gasteiger partial charge in [0.1, 0.15) is 0 Å². The highest BCUT2D eigenvalue weighted by molar-refractivity contribution is 7.45. The van der Waals surface area contributed by atoms with Gasteiger partial charge in [0.15, 0.2) is 0 Å². The predicted molar refractivity (Wildman–Crippen MR) is 58.0 cm³/mol. The van der Waals surface area contributed by atoms with Crippen LogP contribution in [0.15, 0.2) is 0 Å². The SMILES string of the molecule is C.CC.CC.O=P(O)(O)O.O=P(O)(O)O. The summed E-state index contributed by atoms with van der Waals surface area (Å²) >= 11 is 0. The van der Waals surface area contributed by atoms with Crippen LogP contribution in [0.5, 0.6) is 0 Å². The van der Waals surface area contributed by atoms with Crippen LogP contribution in [0.3, 0.4) is 0 Å². The molecule has 0 aliphatic rings. The van der Waals surface area contributed by atoms with E-state index in [9.17, 15) is 0 Å². The van der Waals surface area contributed by atoms with E-state index in [0.717, 1.165) is 0 Å².